The first-order valence-electron chi connectivity index (χ1n) is 6.61. The Labute approximate surface area is 127 Å². The first-order valence-corrected chi connectivity index (χ1v) is 7.36. The van der Waals surface area contributed by atoms with Crippen molar-refractivity contribution in [3.63, 3.8) is 0 Å². The Hall–Kier alpha value is -1.26. The topological polar surface area (TPSA) is 49.4 Å². The van der Waals surface area contributed by atoms with Crippen molar-refractivity contribution in [1.29, 1.82) is 0 Å². The van der Waals surface area contributed by atoms with Gasteiger partial charge in [-0.25, -0.2) is 0 Å². The van der Waals surface area contributed by atoms with Crippen molar-refractivity contribution < 1.29 is 9.59 Å². The van der Waals surface area contributed by atoms with Gasteiger partial charge in [0.2, 0.25) is 11.8 Å². The number of nitrogens with one attached hydrogen (secondary N) is 1. The number of rotatable bonds is 3. The van der Waals surface area contributed by atoms with Gasteiger partial charge >= 0.3 is 0 Å². The van der Waals surface area contributed by atoms with Crippen LogP contribution in [0.25, 0.3) is 0 Å². The van der Waals surface area contributed by atoms with Crippen molar-refractivity contribution in [3.05, 3.63) is 28.2 Å². The normalized spacial score (nSPS) is 22.2. The largest absolute Gasteiger partial charge is 0.353 e. The molecule has 2 amide bonds. The molecule has 106 valence electrons. The Kier molecular flexibility index (Phi) is 3.61. The molecule has 1 saturated carbocycles. The highest BCUT2D eigenvalue weighted by molar-refractivity contribution is 6.44. The number of benzene rings is 1. The fourth-order valence-corrected chi connectivity index (χ4v) is 2.76. The van der Waals surface area contributed by atoms with Crippen LogP contribution in [0.5, 0.6) is 0 Å². The van der Waals surface area contributed by atoms with Gasteiger partial charge in [-0.3, -0.25) is 9.59 Å². The van der Waals surface area contributed by atoms with Crippen molar-refractivity contribution >= 4 is 40.7 Å². The average molecular weight is 313 g/mol. The highest BCUT2D eigenvalue weighted by Crippen LogP contribution is 2.35. The summed E-state index contributed by atoms with van der Waals surface area (Å²) < 4.78 is 0. The Balaban J connectivity index is 1.76. The van der Waals surface area contributed by atoms with Gasteiger partial charge < -0.3 is 10.2 Å². The van der Waals surface area contributed by atoms with Gasteiger partial charge in [-0.05, 0) is 25.0 Å². The van der Waals surface area contributed by atoms with E-state index in [-0.39, 0.29) is 24.2 Å². The second kappa shape index (κ2) is 5.26. The number of halogens is 2. The molecule has 1 heterocycles. The Morgan fingerprint density at radius 2 is 2.05 bits per heavy atom. The van der Waals surface area contributed by atoms with Crippen LogP contribution in [0, 0.1) is 5.92 Å². The monoisotopic (exact) mass is 312 g/mol. The van der Waals surface area contributed by atoms with Gasteiger partial charge in [0.25, 0.3) is 0 Å². The molecule has 0 spiro atoms. The molecule has 1 aromatic carbocycles. The minimum absolute atomic E-state index is 0.0403. The molecule has 1 aliphatic carbocycles. The van der Waals surface area contributed by atoms with E-state index in [4.69, 9.17) is 23.2 Å². The van der Waals surface area contributed by atoms with Crippen LogP contribution in [0.15, 0.2) is 18.2 Å². The molecule has 20 heavy (non-hydrogen) atoms. The summed E-state index contributed by atoms with van der Waals surface area (Å²) in [5, 5.41) is 3.70. The summed E-state index contributed by atoms with van der Waals surface area (Å²) in [6.07, 6.45) is 2.30. The maximum absolute atomic E-state index is 12.1. The van der Waals surface area contributed by atoms with Crippen LogP contribution in [-0.2, 0) is 9.59 Å². The third-order valence-corrected chi connectivity index (χ3v) is 4.45. The lowest BCUT2D eigenvalue weighted by atomic mass is 10.1. The molecule has 1 N–H and O–H groups in total. The van der Waals surface area contributed by atoms with E-state index in [0.717, 1.165) is 12.8 Å². The highest BCUT2D eigenvalue weighted by atomic mass is 35.5. The summed E-state index contributed by atoms with van der Waals surface area (Å²) in [5.41, 5.74) is 0.575. The van der Waals surface area contributed by atoms with Crippen LogP contribution < -0.4 is 10.2 Å². The Morgan fingerprint density at radius 3 is 2.75 bits per heavy atom. The number of hydrogen-bond acceptors (Lipinski definition) is 2. The predicted molar refractivity (Wildman–Crippen MR) is 78.1 cm³/mol. The zero-order chi connectivity index (χ0) is 14.3. The van der Waals surface area contributed by atoms with E-state index < -0.39 is 0 Å². The molecular formula is C14H14Cl2N2O2. The number of carbonyl (C=O) groups excluding carboxylic acids is 2. The lowest BCUT2D eigenvalue weighted by Gasteiger charge is -2.18. The van der Waals surface area contributed by atoms with E-state index in [1.54, 1.807) is 23.1 Å². The van der Waals surface area contributed by atoms with Crippen LogP contribution >= 0.6 is 23.2 Å². The van der Waals surface area contributed by atoms with E-state index in [2.05, 4.69) is 5.32 Å². The minimum Gasteiger partial charge on any atom is -0.353 e. The molecule has 1 saturated heterocycles. The van der Waals surface area contributed by atoms with E-state index in [1.807, 2.05) is 0 Å². The highest BCUT2D eigenvalue weighted by Gasteiger charge is 2.37. The fraction of sp³-hybridized carbons (Fsp3) is 0.429. The smallest absolute Gasteiger partial charge is 0.227 e. The third-order valence-electron chi connectivity index (χ3n) is 3.64. The molecule has 2 fully saturated rings. The molecular weight excluding hydrogens is 299 g/mol. The second-order valence-corrected chi connectivity index (χ2v) is 6.05. The summed E-state index contributed by atoms with van der Waals surface area (Å²) in [6.45, 7) is 0.359. The Bertz CT molecular complexity index is 572. The lowest BCUT2D eigenvalue weighted by molar-refractivity contribution is -0.126. The van der Waals surface area contributed by atoms with E-state index in [0.29, 0.717) is 28.3 Å². The van der Waals surface area contributed by atoms with Gasteiger partial charge in [-0.2, -0.15) is 0 Å². The molecule has 1 aliphatic heterocycles. The number of amides is 2. The molecule has 0 unspecified atom stereocenters. The molecule has 2 aliphatic rings. The van der Waals surface area contributed by atoms with Crippen molar-refractivity contribution in [3.8, 4) is 0 Å². The number of nitrogens with zero attached hydrogens (tertiary/aromatic N) is 1. The molecule has 0 aromatic heterocycles. The predicted octanol–water partition coefficient (Wildman–Crippen LogP) is 2.62. The summed E-state index contributed by atoms with van der Waals surface area (Å²) >= 11 is 12.1. The molecule has 0 bridgehead atoms. The summed E-state index contributed by atoms with van der Waals surface area (Å²) in [7, 11) is 0. The van der Waals surface area contributed by atoms with Crippen LogP contribution in [0.3, 0.4) is 0 Å². The van der Waals surface area contributed by atoms with Crippen LogP contribution in [0.4, 0.5) is 5.69 Å². The van der Waals surface area contributed by atoms with Crippen molar-refractivity contribution in [2.45, 2.75) is 25.3 Å². The van der Waals surface area contributed by atoms with Crippen molar-refractivity contribution in [1.82, 2.24) is 5.32 Å². The van der Waals surface area contributed by atoms with Crippen molar-refractivity contribution in [2.24, 2.45) is 5.92 Å². The summed E-state index contributed by atoms with van der Waals surface area (Å²) in [4.78, 5) is 25.7. The molecule has 1 atom stereocenters. The first-order chi connectivity index (χ1) is 9.56. The lowest BCUT2D eigenvalue weighted by Crippen LogP contribution is -2.34. The van der Waals surface area contributed by atoms with Gasteiger partial charge in [0.05, 0.1) is 21.7 Å². The van der Waals surface area contributed by atoms with Crippen LogP contribution in [0.2, 0.25) is 10.0 Å². The zero-order valence-corrected chi connectivity index (χ0v) is 12.2. The van der Waals surface area contributed by atoms with Gasteiger partial charge in [0.15, 0.2) is 0 Å². The van der Waals surface area contributed by atoms with Gasteiger partial charge in [0, 0.05) is 19.0 Å². The van der Waals surface area contributed by atoms with Crippen LogP contribution in [0.1, 0.15) is 19.3 Å². The molecule has 3 rings (SSSR count). The van der Waals surface area contributed by atoms with Gasteiger partial charge in [0.1, 0.15) is 0 Å². The second-order valence-electron chi connectivity index (χ2n) is 5.26. The first kappa shape index (κ1) is 13.7. The minimum atomic E-state index is -0.307. The van der Waals surface area contributed by atoms with Crippen LogP contribution in [-0.4, -0.2) is 24.4 Å². The quantitative estimate of drug-likeness (QED) is 0.932. The standard InChI is InChI=1S/C14H14Cl2N2O2/c15-10-2-1-3-11(13(10)16)18-7-8(6-12(18)19)14(20)17-9-4-5-9/h1-3,8-9H,4-7H2,(H,17,20)/t8-/m0/s1. The average Bonchev–Trinajstić information content (AvgIpc) is 3.14. The SMILES string of the molecule is O=C(NC1CC1)[C@H]1CC(=O)N(c2cccc(Cl)c2Cl)C1. The zero-order valence-electron chi connectivity index (χ0n) is 10.7. The maximum Gasteiger partial charge on any atom is 0.227 e. The fourth-order valence-electron chi connectivity index (χ4n) is 2.36. The molecule has 1 aromatic rings. The number of hydrogen-bond donors (Lipinski definition) is 1. The number of carbonyl (C=O) groups is 2. The summed E-state index contributed by atoms with van der Waals surface area (Å²) in [5.74, 6) is -0.440. The van der Waals surface area contributed by atoms with E-state index in [9.17, 15) is 9.59 Å². The van der Waals surface area contributed by atoms with Gasteiger partial charge in [-0.15, -0.1) is 0 Å². The molecule has 4 nitrogen and oxygen atoms in total. The Morgan fingerprint density at radius 1 is 1.30 bits per heavy atom. The van der Waals surface area contributed by atoms with E-state index in [1.165, 1.54) is 0 Å². The number of anilines is 1. The van der Waals surface area contributed by atoms with E-state index >= 15 is 0 Å². The van der Waals surface area contributed by atoms with Gasteiger partial charge in [-0.1, -0.05) is 29.3 Å². The molecule has 6 heteroatoms. The third kappa shape index (κ3) is 2.63. The maximum atomic E-state index is 12.1. The molecule has 0 radical (unpaired) electrons. The summed E-state index contributed by atoms with van der Waals surface area (Å²) in [6, 6.07) is 5.47. The van der Waals surface area contributed by atoms with Crippen molar-refractivity contribution in [2.75, 3.05) is 11.4 Å².